The number of aromatic nitrogens is 2. The highest BCUT2D eigenvalue weighted by atomic mass is 35.5. The van der Waals surface area contributed by atoms with Crippen LogP contribution in [0.4, 0.5) is 0 Å². The van der Waals surface area contributed by atoms with Crippen LogP contribution in [-0.4, -0.2) is 64.7 Å². The van der Waals surface area contributed by atoms with Crippen LogP contribution in [0.15, 0.2) is 77.4 Å². The number of methoxy groups -OCH3 is 1. The largest absolute Gasteiger partial charge is 0.497 e. The second-order valence-electron chi connectivity index (χ2n) is 8.10. The first-order chi connectivity index (χ1) is 17.0. The summed E-state index contributed by atoms with van der Waals surface area (Å²) in [6.07, 6.45) is 1.58. The van der Waals surface area contributed by atoms with Gasteiger partial charge in [0, 0.05) is 42.8 Å². The lowest BCUT2D eigenvalue weighted by Gasteiger charge is -2.34. The third kappa shape index (κ3) is 4.65. The van der Waals surface area contributed by atoms with Crippen LogP contribution in [0.5, 0.6) is 5.75 Å². The molecule has 5 rings (SSSR count). The molecule has 0 bridgehead atoms. The summed E-state index contributed by atoms with van der Waals surface area (Å²) in [5.41, 5.74) is 2.29. The minimum absolute atomic E-state index is 0.0804. The van der Waals surface area contributed by atoms with Crippen LogP contribution in [0.2, 0.25) is 5.02 Å². The molecule has 2 amide bonds. The zero-order valence-corrected chi connectivity index (χ0v) is 19.8. The SMILES string of the molecule is COc1cccc(C(=O)N2CCN(C(=O)c3cc(-c4ccco4)n(-c4ccc(Cl)cc4)n3)CC2)c1. The van der Waals surface area contributed by atoms with E-state index < -0.39 is 0 Å². The molecule has 1 fully saturated rings. The number of amides is 2. The number of ether oxygens (including phenoxy) is 1. The summed E-state index contributed by atoms with van der Waals surface area (Å²) in [7, 11) is 1.57. The third-order valence-corrected chi connectivity index (χ3v) is 6.20. The lowest BCUT2D eigenvalue weighted by molar-refractivity contribution is 0.0532. The molecule has 3 heterocycles. The van der Waals surface area contributed by atoms with E-state index in [0.717, 1.165) is 5.69 Å². The van der Waals surface area contributed by atoms with Gasteiger partial charge in [-0.2, -0.15) is 5.10 Å². The highest BCUT2D eigenvalue weighted by Crippen LogP contribution is 2.26. The van der Waals surface area contributed by atoms with Gasteiger partial charge in [-0.15, -0.1) is 0 Å². The Bertz CT molecular complexity index is 1340. The summed E-state index contributed by atoms with van der Waals surface area (Å²) in [4.78, 5) is 29.7. The lowest BCUT2D eigenvalue weighted by atomic mass is 10.1. The number of nitrogens with zero attached hydrogens (tertiary/aromatic N) is 4. The standard InChI is InChI=1S/C26H23ClN4O4/c1-34-21-5-2-4-18(16-21)25(32)29-11-13-30(14-12-29)26(33)22-17-23(24-6-3-15-35-24)31(28-22)20-9-7-19(27)8-10-20/h2-10,15-17H,11-14H2,1H3. The summed E-state index contributed by atoms with van der Waals surface area (Å²) >= 11 is 6.04. The van der Waals surface area contributed by atoms with Gasteiger partial charge >= 0.3 is 0 Å². The van der Waals surface area contributed by atoms with E-state index in [1.54, 1.807) is 76.4 Å². The number of piperazine rings is 1. The summed E-state index contributed by atoms with van der Waals surface area (Å²) in [5, 5.41) is 5.20. The van der Waals surface area contributed by atoms with Crippen molar-refractivity contribution in [1.82, 2.24) is 19.6 Å². The third-order valence-electron chi connectivity index (χ3n) is 5.94. The van der Waals surface area contributed by atoms with Crippen molar-refractivity contribution in [3.63, 3.8) is 0 Å². The molecule has 0 radical (unpaired) electrons. The van der Waals surface area contributed by atoms with Crippen LogP contribution >= 0.6 is 11.6 Å². The lowest BCUT2D eigenvalue weighted by Crippen LogP contribution is -2.50. The van der Waals surface area contributed by atoms with E-state index in [4.69, 9.17) is 20.8 Å². The van der Waals surface area contributed by atoms with Crippen molar-refractivity contribution in [2.24, 2.45) is 0 Å². The van der Waals surface area contributed by atoms with E-state index in [-0.39, 0.29) is 11.8 Å². The topological polar surface area (TPSA) is 80.8 Å². The average molecular weight is 491 g/mol. The number of halogens is 1. The molecule has 1 aliphatic heterocycles. The molecule has 0 unspecified atom stereocenters. The second-order valence-corrected chi connectivity index (χ2v) is 8.53. The first-order valence-electron chi connectivity index (χ1n) is 11.2. The molecule has 4 aromatic rings. The highest BCUT2D eigenvalue weighted by molar-refractivity contribution is 6.30. The fourth-order valence-corrected chi connectivity index (χ4v) is 4.20. The number of hydrogen-bond acceptors (Lipinski definition) is 5. The van der Waals surface area contributed by atoms with Crippen LogP contribution in [0, 0.1) is 0 Å². The van der Waals surface area contributed by atoms with E-state index in [2.05, 4.69) is 5.10 Å². The van der Waals surface area contributed by atoms with Gasteiger partial charge in [-0.3, -0.25) is 9.59 Å². The van der Waals surface area contributed by atoms with Crippen LogP contribution in [0.25, 0.3) is 17.1 Å². The Morgan fingerprint density at radius 3 is 2.29 bits per heavy atom. The van der Waals surface area contributed by atoms with Gasteiger partial charge in [0.2, 0.25) is 0 Å². The van der Waals surface area contributed by atoms with Crippen LogP contribution in [0.1, 0.15) is 20.8 Å². The van der Waals surface area contributed by atoms with Crippen molar-refractivity contribution >= 4 is 23.4 Å². The monoisotopic (exact) mass is 490 g/mol. The molecule has 1 saturated heterocycles. The van der Waals surface area contributed by atoms with E-state index in [0.29, 0.717) is 59.7 Å². The molecule has 2 aromatic carbocycles. The zero-order chi connectivity index (χ0) is 24.4. The van der Waals surface area contributed by atoms with Gasteiger partial charge in [0.15, 0.2) is 11.5 Å². The fraction of sp³-hybridized carbons (Fsp3) is 0.192. The van der Waals surface area contributed by atoms with Gasteiger partial charge in [-0.1, -0.05) is 17.7 Å². The smallest absolute Gasteiger partial charge is 0.274 e. The van der Waals surface area contributed by atoms with Crippen molar-refractivity contribution < 1.29 is 18.7 Å². The first kappa shape index (κ1) is 22.7. The summed E-state index contributed by atoms with van der Waals surface area (Å²) < 4.78 is 12.5. The number of benzene rings is 2. The van der Waals surface area contributed by atoms with E-state index in [1.807, 2.05) is 18.2 Å². The number of rotatable bonds is 5. The van der Waals surface area contributed by atoms with Gasteiger partial charge in [-0.05, 0) is 54.6 Å². The minimum Gasteiger partial charge on any atom is -0.497 e. The van der Waals surface area contributed by atoms with Gasteiger partial charge in [0.25, 0.3) is 11.8 Å². The molecular formula is C26H23ClN4O4. The van der Waals surface area contributed by atoms with E-state index >= 15 is 0 Å². The Hall–Kier alpha value is -4.04. The molecule has 0 aliphatic carbocycles. The second kappa shape index (κ2) is 9.68. The molecule has 9 heteroatoms. The highest BCUT2D eigenvalue weighted by Gasteiger charge is 2.28. The number of hydrogen-bond donors (Lipinski definition) is 0. The normalized spacial score (nSPS) is 13.7. The maximum absolute atomic E-state index is 13.3. The molecule has 178 valence electrons. The molecule has 0 spiro atoms. The van der Waals surface area contributed by atoms with Gasteiger partial charge in [0.05, 0.1) is 19.1 Å². The van der Waals surface area contributed by atoms with Gasteiger partial charge < -0.3 is 19.0 Å². The number of furan rings is 1. The fourth-order valence-electron chi connectivity index (χ4n) is 4.08. The summed E-state index contributed by atoms with van der Waals surface area (Å²) in [6.45, 7) is 1.70. The van der Waals surface area contributed by atoms with Crippen LogP contribution in [-0.2, 0) is 0 Å². The molecular weight excluding hydrogens is 468 g/mol. The summed E-state index contributed by atoms with van der Waals surface area (Å²) in [5.74, 6) is 0.954. The number of carbonyl (C=O) groups is 2. The Labute approximate surface area is 207 Å². The van der Waals surface area contributed by atoms with Gasteiger partial charge in [0.1, 0.15) is 11.4 Å². The summed E-state index contributed by atoms with van der Waals surface area (Å²) in [6, 6.07) is 19.6. The van der Waals surface area contributed by atoms with Crippen molar-refractivity contribution in [2.75, 3.05) is 33.3 Å². The van der Waals surface area contributed by atoms with Crippen molar-refractivity contribution in [3.8, 4) is 22.9 Å². The minimum atomic E-state index is -0.195. The molecule has 0 atom stereocenters. The van der Waals surface area contributed by atoms with Crippen LogP contribution in [0.3, 0.4) is 0 Å². The van der Waals surface area contributed by atoms with Crippen LogP contribution < -0.4 is 4.74 Å². The molecule has 8 nitrogen and oxygen atoms in total. The predicted octanol–water partition coefficient (Wildman–Crippen LogP) is 4.39. The Morgan fingerprint density at radius 1 is 0.914 bits per heavy atom. The predicted molar refractivity (Wildman–Crippen MR) is 131 cm³/mol. The average Bonchev–Trinajstić information content (AvgIpc) is 3.59. The molecule has 1 aliphatic rings. The maximum Gasteiger partial charge on any atom is 0.274 e. The molecule has 35 heavy (non-hydrogen) atoms. The first-order valence-corrected chi connectivity index (χ1v) is 11.5. The zero-order valence-electron chi connectivity index (χ0n) is 19.1. The van der Waals surface area contributed by atoms with Gasteiger partial charge in [-0.25, -0.2) is 4.68 Å². The molecule has 2 aromatic heterocycles. The van der Waals surface area contributed by atoms with Crippen molar-refractivity contribution in [2.45, 2.75) is 0 Å². The number of carbonyl (C=O) groups excluding carboxylic acids is 2. The van der Waals surface area contributed by atoms with E-state index in [9.17, 15) is 9.59 Å². The Balaban J connectivity index is 1.33. The maximum atomic E-state index is 13.3. The molecule has 0 N–H and O–H groups in total. The van der Waals surface area contributed by atoms with E-state index in [1.165, 1.54) is 0 Å². The Morgan fingerprint density at radius 2 is 1.63 bits per heavy atom. The Kier molecular flexibility index (Phi) is 6.29. The quantitative estimate of drug-likeness (QED) is 0.414. The van der Waals surface area contributed by atoms with Crippen molar-refractivity contribution in [3.05, 3.63) is 89.3 Å². The molecule has 0 saturated carbocycles. The van der Waals surface area contributed by atoms with Crippen molar-refractivity contribution in [1.29, 1.82) is 0 Å².